The number of benzene rings is 2. The van der Waals surface area contributed by atoms with Crippen LogP contribution in [0.2, 0.25) is 0 Å². The number of hydrogen-bond donors (Lipinski definition) is 0. The van der Waals surface area contributed by atoms with Crippen molar-refractivity contribution < 1.29 is 0 Å². The second-order valence-electron chi connectivity index (χ2n) is 9.01. The fraction of sp³-hybridized carbons (Fsp3) is 0.179. The van der Waals surface area contributed by atoms with E-state index in [1.165, 1.54) is 11.3 Å². The predicted molar refractivity (Wildman–Crippen MR) is 144 cm³/mol. The molecule has 0 aliphatic carbocycles. The number of rotatable bonds is 5. The highest BCUT2D eigenvalue weighted by Crippen LogP contribution is 2.32. The van der Waals surface area contributed by atoms with E-state index in [0.717, 1.165) is 49.6 Å². The van der Waals surface area contributed by atoms with Crippen LogP contribution in [0.1, 0.15) is 29.9 Å². The molecular weight excluding hydrogens is 468 g/mol. The van der Waals surface area contributed by atoms with Gasteiger partial charge in [-0.3, -0.25) is 14.0 Å². The van der Waals surface area contributed by atoms with Gasteiger partial charge in [-0.25, -0.2) is 15.0 Å². The van der Waals surface area contributed by atoms with Crippen LogP contribution in [0.5, 0.6) is 0 Å². The number of nitrogens with zero attached hydrogens (tertiary/aromatic N) is 6. The van der Waals surface area contributed by atoms with Gasteiger partial charge in [0, 0.05) is 42.0 Å². The van der Waals surface area contributed by atoms with Crippen molar-refractivity contribution in [3.05, 3.63) is 100 Å². The van der Waals surface area contributed by atoms with Crippen LogP contribution in [-0.2, 0) is 13.5 Å². The molecule has 0 aliphatic heterocycles. The van der Waals surface area contributed by atoms with Gasteiger partial charge in [0.2, 0.25) is 0 Å². The molecule has 8 heteroatoms. The van der Waals surface area contributed by atoms with Gasteiger partial charge in [-0.15, -0.1) is 11.3 Å². The molecule has 0 aliphatic rings. The van der Waals surface area contributed by atoms with E-state index < -0.39 is 0 Å². The van der Waals surface area contributed by atoms with Gasteiger partial charge in [-0.2, -0.15) is 5.10 Å². The first-order valence-electron chi connectivity index (χ1n) is 11.8. The maximum absolute atomic E-state index is 14.3. The summed E-state index contributed by atoms with van der Waals surface area (Å²) in [5.74, 6) is 0.00545. The summed E-state index contributed by atoms with van der Waals surface area (Å²) in [4.78, 5) is 28.5. The third-order valence-corrected chi connectivity index (χ3v) is 7.56. The van der Waals surface area contributed by atoms with Crippen molar-refractivity contribution >= 4 is 32.5 Å². The fourth-order valence-corrected chi connectivity index (χ4v) is 5.51. The van der Waals surface area contributed by atoms with Crippen molar-refractivity contribution in [3.8, 4) is 16.8 Å². The maximum atomic E-state index is 14.3. The molecule has 0 N–H and O–H groups in total. The van der Waals surface area contributed by atoms with Gasteiger partial charge in [-0.05, 0) is 36.1 Å². The average molecular weight is 493 g/mol. The first-order chi connectivity index (χ1) is 17.5. The third kappa shape index (κ3) is 3.61. The molecule has 4 aromatic heterocycles. The molecule has 0 saturated heterocycles. The number of para-hydroxylation sites is 1. The lowest BCUT2D eigenvalue weighted by Gasteiger charge is -2.21. The first-order valence-corrected chi connectivity index (χ1v) is 12.7. The predicted octanol–water partition coefficient (Wildman–Crippen LogP) is 5.45. The van der Waals surface area contributed by atoms with Gasteiger partial charge in [-0.1, -0.05) is 43.3 Å². The zero-order valence-electron chi connectivity index (χ0n) is 20.2. The molecule has 178 valence electrons. The monoisotopic (exact) mass is 492 g/mol. The van der Waals surface area contributed by atoms with E-state index in [1.807, 2.05) is 77.9 Å². The molecule has 7 nitrogen and oxygen atoms in total. The Balaban J connectivity index is 1.59. The molecule has 36 heavy (non-hydrogen) atoms. The van der Waals surface area contributed by atoms with Crippen LogP contribution in [-0.4, -0.2) is 29.3 Å². The molecule has 0 amide bonds. The smallest absolute Gasteiger partial charge is 0.263 e. The number of fused-ring (bicyclic) bond motifs is 2. The first kappa shape index (κ1) is 22.3. The molecule has 0 bridgehead atoms. The quantitative estimate of drug-likeness (QED) is 0.320. The molecule has 0 fully saturated rings. The van der Waals surface area contributed by atoms with Crippen molar-refractivity contribution in [2.45, 2.75) is 26.2 Å². The second-order valence-corrected chi connectivity index (χ2v) is 9.85. The van der Waals surface area contributed by atoms with Gasteiger partial charge >= 0.3 is 0 Å². The molecule has 6 rings (SSSR count). The summed E-state index contributed by atoms with van der Waals surface area (Å²) in [7, 11) is 1.92. The summed E-state index contributed by atoms with van der Waals surface area (Å²) in [6, 6.07) is 18.0. The van der Waals surface area contributed by atoms with E-state index in [4.69, 9.17) is 0 Å². The summed E-state index contributed by atoms with van der Waals surface area (Å²) in [6.45, 7) is 4.16. The van der Waals surface area contributed by atoms with Crippen molar-refractivity contribution in [1.82, 2.24) is 29.3 Å². The van der Waals surface area contributed by atoms with Gasteiger partial charge in [0.1, 0.15) is 16.7 Å². The Hall–Kier alpha value is -4.17. The van der Waals surface area contributed by atoms with Crippen LogP contribution < -0.4 is 5.56 Å². The Morgan fingerprint density at radius 1 is 1.00 bits per heavy atom. The molecule has 0 unspecified atom stereocenters. The largest absolute Gasteiger partial charge is 0.280 e. The van der Waals surface area contributed by atoms with Gasteiger partial charge in [0.25, 0.3) is 5.56 Å². The van der Waals surface area contributed by atoms with Gasteiger partial charge < -0.3 is 0 Å². The standard InChI is InChI=1S/C28H24N6OS/c1-17(12-23-26-27(30-15-29-23)36-16-31-26)24-13-19-8-7-11-21(22-14-32-33(3)18(22)2)25(19)28(35)34(24)20-9-5-4-6-10-20/h4-11,13-17H,12H2,1-3H3/t17-/m1/s1. The Morgan fingerprint density at radius 3 is 2.61 bits per heavy atom. The summed E-state index contributed by atoms with van der Waals surface area (Å²) in [5.41, 5.74) is 8.12. The number of hydrogen-bond acceptors (Lipinski definition) is 6. The zero-order valence-corrected chi connectivity index (χ0v) is 21.0. The highest BCUT2D eigenvalue weighted by Gasteiger charge is 2.21. The summed E-state index contributed by atoms with van der Waals surface area (Å²) in [6.07, 6.45) is 4.07. The average Bonchev–Trinajstić information content (AvgIpc) is 3.51. The molecule has 2 aromatic carbocycles. The minimum Gasteiger partial charge on any atom is -0.280 e. The topological polar surface area (TPSA) is 78.5 Å². The molecular formula is C28H24N6OS. The summed E-state index contributed by atoms with van der Waals surface area (Å²) in [5, 5.41) is 6.02. The molecule has 0 saturated carbocycles. The normalized spacial score (nSPS) is 12.4. The molecule has 6 aromatic rings. The van der Waals surface area contributed by atoms with Crippen LogP contribution in [0, 0.1) is 6.92 Å². The lowest BCUT2D eigenvalue weighted by atomic mass is 9.95. The van der Waals surface area contributed by atoms with Gasteiger partial charge in [0.05, 0.1) is 22.8 Å². The van der Waals surface area contributed by atoms with E-state index in [-0.39, 0.29) is 11.5 Å². The van der Waals surface area contributed by atoms with E-state index in [0.29, 0.717) is 11.8 Å². The fourth-order valence-electron chi connectivity index (χ4n) is 4.86. The number of aromatic nitrogens is 6. The lowest BCUT2D eigenvalue weighted by molar-refractivity contribution is 0.687. The van der Waals surface area contributed by atoms with Crippen molar-refractivity contribution in [2.75, 3.05) is 0 Å². The van der Waals surface area contributed by atoms with Crippen LogP contribution in [0.3, 0.4) is 0 Å². The molecule has 0 radical (unpaired) electrons. The van der Waals surface area contributed by atoms with E-state index in [9.17, 15) is 4.79 Å². The highest BCUT2D eigenvalue weighted by atomic mass is 32.1. The van der Waals surface area contributed by atoms with Crippen LogP contribution in [0.25, 0.3) is 37.9 Å². The molecule has 1 atom stereocenters. The second kappa shape index (κ2) is 8.80. The molecule has 0 spiro atoms. The third-order valence-electron chi connectivity index (χ3n) is 6.83. The van der Waals surface area contributed by atoms with Crippen LogP contribution >= 0.6 is 11.3 Å². The number of pyridine rings is 1. The maximum Gasteiger partial charge on any atom is 0.263 e. The van der Waals surface area contributed by atoms with Crippen LogP contribution in [0.4, 0.5) is 0 Å². The van der Waals surface area contributed by atoms with Crippen molar-refractivity contribution in [1.29, 1.82) is 0 Å². The Morgan fingerprint density at radius 2 is 1.83 bits per heavy atom. The molecule has 4 heterocycles. The number of thiazole rings is 1. The SMILES string of the molecule is Cc1c(-c2cccc3cc([C@H](C)Cc4ncnc5scnc45)n(-c4ccccc4)c(=O)c23)cnn1C. The van der Waals surface area contributed by atoms with Crippen molar-refractivity contribution in [3.63, 3.8) is 0 Å². The minimum atomic E-state index is -0.0408. The Labute approximate surface area is 211 Å². The van der Waals surface area contributed by atoms with Crippen molar-refractivity contribution in [2.24, 2.45) is 7.05 Å². The van der Waals surface area contributed by atoms with Gasteiger partial charge in [0.15, 0.2) is 0 Å². The minimum absolute atomic E-state index is 0.00545. The van der Waals surface area contributed by atoms with E-state index in [1.54, 1.807) is 11.8 Å². The van der Waals surface area contributed by atoms with Crippen LogP contribution in [0.15, 0.2) is 77.4 Å². The van der Waals surface area contributed by atoms with E-state index >= 15 is 0 Å². The van der Waals surface area contributed by atoms with E-state index in [2.05, 4.69) is 33.0 Å². The highest BCUT2D eigenvalue weighted by molar-refractivity contribution is 7.16. The lowest BCUT2D eigenvalue weighted by Crippen LogP contribution is -2.24. The summed E-state index contributed by atoms with van der Waals surface area (Å²) >= 11 is 1.51. The number of aryl methyl sites for hydroxylation is 1. The zero-order chi connectivity index (χ0) is 24.8. The summed E-state index contributed by atoms with van der Waals surface area (Å²) < 4.78 is 3.68. The Kier molecular flexibility index (Phi) is 5.45. The Bertz CT molecular complexity index is 1780.